The second-order valence-electron chi connectivity index (χ2n) is 4.61. The summed E-state index contributed by atoms with van der Waals surface area (Å²) in [4.78, 5) is 0. The second kappa shape index (κ2) is 5.63. The maximum absolute atomic E-state index is 5.94. The molecule has 1 saturated carbocycles. The van der Waals surface area contributed by atoms with Crippen LogP contribution in [-0.2, 0) is 0 Å². The normalized spacial score (nSPS) is 16.6. The van der Waals surface area contributed by atoms with Gasteiger partial charge in [-0.15, -0.1) is 11.6 Å². The molecule has 0 spiro atoms. The molecule has 17 heavy (non-hydrogen) atoms. The van der Waals surface area contributed by atoms with E-state index >= 15 is 0 Å². The molecule has 0 amide bonds. The third-order valence-corrected chi connectivity index (χ3v) is 3.85. The number of halogens is 1. The van der Waals surface area contributed by atoms with Crippen LogP contribution in [0.1, 0.15) is 26.2 Å². The first-order valence-corrected chi connectivity index (χ1v) is 6.74. The van der Waals surface area contributed by atoms with Gasteiger partial charge in [0, 0.05) is 5.88 Å². The van der Waals surface area contributed by atoms with Crippen molar-refractivity contribution in [1.29, 1.82) is 0 Å². The van der Waals surface area contributed by atoms with Gasteiger partial charge < -0.3 is 9.47 Å². The summed E-state index contributed by atoms with van der Waals surface area (Å²) < 4.78 is 11.3. The van der Waals surface area contributed by atoms with Gasteiger partial charge in [0.05, 0.1) is 13.2 Å². The van der Waals surface area contributed by atoms with Crippen molar-refractivity contribution in [1.82, 2.24) is 0 Å². The monoisotopic (exact) mass is 254 g/mol. The highest BCUT2D eigenvalue weighted by Crippen LogP contribution is 2.49. The summed E-state index contributed by atoms with van der Waals surface area (Å²) in [5.41, 5.74) is 0.363. The van der Waals surface area contributed by atoms with E-state index in [1.165, 1.54) is 12.8 Å². The topological polar surface area (TPSA) is 18.5 Å². The van der Waals surface area contributed by atoms with Gasteiger partial charge >= 0.3 is 0 Å². The van der Waals surface area contributed by atoms with Gasteiger partial charge in [0.25, 0.3) is 0 Å². The van der Waals surface area contributed by atoms with Crippen LogP contribution in [0.3, 0.4) is 0 Å². The predicted molar refractivity (Wildman–Crippen MR) is 70.1 cm³/mol. The fourth-order valence-electron chi connectivity index (χ4n) is 1.85. The lowest BCUT2D eigenvalue weighted by Crippen LogP contribution is -2.09. The summed E-state index contributed by atoms with van der Waals surface area (Å²) in [5, 5.41) is 0. The third-order valence-electron chi connectivity index (χ3n) is 3.28. The SMILES string of the molecule is CCOc1ccccc1OCCC1(CCl)CC1. The zero-order chi connectivity index (χ0) is 12.1. The Bertz CT molecular complexity index is 361. The van der Waals surface area contributed by atoms with Gasteiger partial charge in [-0.05, 0) is 43.7 Å². The molecule has 0 heterocycles. The molecular weight excluding hydrogens is 236 g/mol. The molecule has 94 valence electrons. The largest absolute Gasteiger partial charge is 0.490 e. The molecule has 0 aromatic heterocycles. The summed E-state index contributed by atoms with van der Waals surface area (Å²) in [6.45, 7) is 3.35. The van der Waals surface area contributed by atoms with Crippen LogP contribution in [0.25, 0.3) is 0 Å². The van der Waals surface area contributed by atoms with E-state index in [4.69, 9.17) is 21.1 Å². The zero-order valence-electron chi connectivity index (χ0n) is 10.2. The highest BCUT2D eigenvalue weighted by Gasteiger charge is 2.41. The van der Waals surface area contributed by atoms with Crippen LogP contribution in [0.5, 0.6) is 11.5 Å². The van der Waals surface area contributed by atoms with E-state index in [-0.39, 0.29) is 0 Å². The van der Waals surface area contributed by atoms with E-state index in [2.05, 4.69) is 0 Å². The molecule has 0 atom stereocenters. The number of rotatable bonds is 7. The quantitative estimate of drug-likeness (QED) is 0.688. The summed E-state index contributed by atoms with van der Waals surface area (Å²) in [7, 11) is 0. The summed E-state index contributed by atoms with van der Waals surface area (Å²) in [5.74, 6) is 2.41. The Hall–Kier alpha value is -0.890. The van der Waals surface area contributed by atoms with Crippen molar-refractivity contribution in [3.8, 4) is 11.5 Å². The first kappa shape index (κ1) is 12.6. The van der Waals surface area contributed by atoms with Crippen LogP contribution in [-0.4, -0.2) is 19.1 Å². The van der Waals surface area contributed by atoms with Gasteiger partial charge in [0.2, 0.25) is 0 Å². The Balaban J connectivity index is 1.85. The van der Waals surface area contributed by atoms with Gasteiger partial charge in [-0.1, -0.05) is 12.1 Å². The molecule has 1 aliphatic rings. The van der Waals surface area contributed by atoms with Crippen LogP contribution in [0.4, 0.5) is 0 Å². The van der Waals surface area contributed by atoms with E-state index in [0.717, 1.165) is 30.4 Å². The Morgan fingerprint density at radius 3 is 2.35 bits per heavy atom. The van der Waals surface area contributed by atoms with E-state index < -0.39 is 0 Å². The number of para-hydroxylation sites is 2. The van der Waals surface area contributed by atoms with E-state index in [9.17, 15) is 0 Å². The van der Waals surface area contributed by atoms with Crippen LogP contribution >= 0.6 is 11.6 Å². The lowest BCUT2D eigenvalue weighted by atomic mass is 10.1. The van der Waals surface area contributed by atoms with Crippen molar-refractivity contribution in [3.05, 3.63) is 24.3 Å². The lowest BCUT2D eigenvalue weighted by molar-refractivity contribution is 0.254. The molecule has 2 rings (SSSR count). The number of hydrogen-bond donors (Lipinski definition) is 0. The van der Waals surface area contributed by atoms with Gasteiger partial charge in [-0.3, -0.25) is 0 Å². The average Bonchev–Trinajstić information content (AvgIpc) is 3.12. The van der Waals surface area contributed by atoms with E-state index in [1.54, 1.807) is 0 Å². The van der Waals surface area contributed by atoms with Gasteiger partial charge in [0.1, 0.15) is 0 Å². The zero-order valence-corrected chi connectivity index (χ0v) is 11.0. The van der Waals surface area contributed by atoms with Crippen molar-refractivity contribution in [2.75, 3.05) is 19.1 Å². The lowest BCUT2D eigenvalue weighted by Gasteiger charge is -2.14. The predicted octanol–water partition coefficient (Wildman–Crippen LogP) is 3.87. The molecule has 1 aliphatic carbocycles. The summed E-state index contributed by atoms with van der Waals surface area (Å²) in [6, 6.07) is 7.81. The molecule has 0 aliphatic heterocycles. The fourth-order valence-corrected chi connectivity index (χ4v) is 2.25. The van der Waals surface area contributed by atoms with Crippen LogP contribution in [0.15, 0.2) is 24.3 Å². The van der Waals surface area contributed by atoms with E-state index in [1.807, 2.05) is 31.2 Å². The Kier molecular flexibility index (Phi) is 4.16. The van der Waals surface area contributed by atoms with Crippen molar-refractivity contribution in [2.45, 2.75) is 26.2 Å². The molecule has 0 unspecified atom stereocenters. The number of alkyl halides is 1. The van der Waals surface area contributed by atoms with Crippen LogP contribution in [0, 0.1) is 5.41 Å². The molecule has 0 bridgehead atoms. The van der Waals surface area contributed by atoms with Gasteiger partial charge in [0.15, 0.2) is 11.5 Å². The van der Waals surface area contributed by atoms with Crippen molar-refractivity contribution in [2.24, 2.45) is 5.41 Å². The van der Waals surface area contributed by atoms with Crippen molar-refractivity contribution < 1.29 is 9.47 Å². The highest BCUT2D eigenvalue weighted by atomic mass is 35.5. The summed E-state index contributed by atoms with van der Waals surface area (Å²) in [6.07, 6.45) is 3.52. The second-order valence-corrected chi connectivity index (χ2v) is 4.88. The molecule has 3 heteroatoms. The fraction of sp³-hybridized carbons (Fsp3) is 0.571. The minimum Gasteiger partial charge on any atom is -0.490 e. The minimum absolute atomic E-state index is 0.363. The van der Waals surface area contributed by atoms with Gasteiger partial charge in [-0.25, -0.2) is 0 Å². The summed E-state index contributed by atoms with van der Waals surface area (Å²) >= 11 is 5.94. The molecule has 1 fully saturated rings. The first-order valence-electron chi connectivity index (χ1n) is 6.20. The molecule has 1 aromatic carbocycles. The van der Waals surface area contributed by atoms with Crippen molar-refractivity contribution in [3.63, 3.8) is 0 Å². The number of hydrogen-bond acceptors (Lipinski definition) is 2. The van der Waals surface area contributed by atoms with E-state index in [0.29, 0.717) is 12.0 Å². The maximum atomic E-state index is 5.94. The van der Waals surface area contributed by atoms with Crippen molar-refractivity contribution >= 4 is 11.6 Å². The molecule has 0 radical (unpaired) electrons. The highest BCUT2D eigenvalue weighted by molar-refractivity contribution is 6.18. The molecule has 0 saturated heterocycles. The average molecular weight is 255 g/mol. The minimum atomic E-state index is 0.363. The molecule has 2 nitrogen and oxygen atoms in total. The van der Waals surface area contributed by atoms with Gasteiger partial charge in [-0.2, -0.15) is 0 Å². The Morgan fingerprint density at radius 2 is 1.82 bits per heavy atom. The molecular formula is C14H19ClO2. The van der Waals surface area contributed by atoms with Crippen LogP contribution < -0.4 is 9.47 Å². The Morgan fingerprint density at radius 1 is 1.18 bits per heavy atom. The third kappa shape index (κ3) is 3.29. The Labute approximate surface area is 108 Å². The smallest absolute Gasteiger partial charge is 0.161 e. The first-order chi connectivity index (χ1) is 8.29. The molecule has 1 aromatic rings. The standard InChI is InChI=1S/C14H19ClO2/c1-2-16-12-5-3-4-6-13(12)17-10-9-14(11-15)7-8-14/h3-6H,2,7-11H2,1H3. The number of ether oxygens (including phenoxy) is 2. The number of benzene rings is 1. The molecule has 0 N–H and O–H groups in total. The van der Waals surface area contributed by atoms with Crippen LogP contribution in [0.2, 0.25) is 0 Å². The maximum Gasteiger partial charge on any atom is 0.161 e.